The van der Waals surface area contributed by atoms with Crippen LogP contribution in [0.3, 0.4) is 0 Å². The Kier molecular flexibility index (Phi) is 7.94. The molecule has 2 aliphatic heterocycles. The van der Waals surface area contributed by atoms with Crippen LogP contribution in [0.5, 0.6) is 5.75 Å². The zero-order chi connectivity index (χ0) is 25.1. The average Bonchev–Trinajstić information content (AvgIpc) is 3.19. The van der Waals surface area contributed by atoms with E-state index in [1.807, 2.05) is 20.8 Å². The Balaban J connectivity index is 1.63. The molecule has 1 N–H and O–H groups in total. The van der Waals surface area contributed by atoms with E-state index in [1.54, 1.807) is 23.1 Å². The van der Waals surface area contributed by atoms with Crippen LogP contribution in [0, 0.1) is 5.41 Å². The minimum atomic E-state index is -3.61. The molecule has 2 aliphatic rings. The van der Waals surface area contributed by atoms with E-state index in [-0.39, 0.29) is 28.7 Å². The number of amides is 2. The van der Waals surface area contributed by atoms with Crippen molar-refractivity contribution in [1.29, 1.82) is 0 Å². The topological polar surface area (TPSA) is 105 Å². The molecule has 1 spiro atoms. The van der Waals surface area contributed by atoms with Gasteiger partial charge in [0.25, 0.3) is 0 Å². The lowest BCUT2D eigenvalue weighted by Crippen LogP contribution is -2.51. The van der Waals surface area contributed by atoms with Crippen molar-refractivity contribution in [2.24, 2.45) is 5.41 Å². The van der Waals surface area contributed by atoms with Crippen LogP contribution >= 0.6 is 0 Å². The Labute approximate surface area is 202 Å². The fourth-order valence-electron chi connectivity index (χ4n) is 4.62. The summed E-state index contributed by atoms with van der Waals surface area (Å²) in [6.07, 6.45) is 2.19. The van der Waals surface area contributed by atoms with Gasteiger partial charge < -0.3 is 19.7 Å². The highest BCUT2D eigenvalue weighted by Crippen LogP contribution is 2.41. The fraction of sp³-hybridized carbons (Fsp3) is 0.667. The van der Waals surface area contributed by atoms with Crippen LogP contribution in [0.1, 0.15) is 47.0 Å². The molecule has 2 heterocycles. The molecule has 9 nitrogen and oxygen atoms in total. The van der Waals surface area contributed by atoms with E-state index in [0.717, 1.165) is 6.42 Å². The van der Waals surface area contributed by atoms with Crippen LogP contribution in [-0.2, 0) is 24.3 Å². The number of piperidine rings is 1. The largest absolute Gasteiger partial charge is 0.497 e. The minimum Gasteiger partial charge on any atom is -0.497 e. The first kappa shape index (κ1) is 26.4. The molecule has 1 atom stereocenters. The number of hydrogen-bond acceptors (Lipinski definition) is 6. The molecule has 1 aromatic rings. The number of benzene rings is 1. The summed E-state index contributed by atoms with van der Waals surface area (Å²) in [7, 11) is -2.10. The van der Waals surface area contributed by atoms with E-state index in [4.69, 9.17) is 9.47 Å². The molecule has 2 saturated heterocycles. The number of ether oxygens (including phenoxy) is 2. The van der Waals surface area contributed by atoms with Gasteiger partial charge in [-0.2, -0.15) is 4.31 Å². The molecule has 0 saturated carbocycles. The highest BCUT2D eigenvalue weighted by atomic mass is 32.2. The van der Waals surface area contributed by atoms with Crippen molar-refractivity contribution in [3.8, 4) is 5.75 Å². The van der Waals surface area contributed by atoms with Crippen molar-refractivity contribution in [3.63, 3.8) is 0 Å². The van der Waals surface area contributed by atoms with Gasteiger partial charge in [-0.25, -0.2) is 8.42 Å². The van der Waals surface area contributed by atoms with Crippen LogP contribution in [0.25, 0.3) is 0 Å². The van der Waals surface area contributed by atoms with Crippen LogP contribution < -0.4 is 10.1 Å². The number of nitrogens with zero attached hydrogens (tertiary/aromatic N) is 2. The highest BCUT2D eigenvalue weighted by Gasteiger charge is 2.45. The second kappa shape index (κ2) is 10.2. The van der Waals surface area contributed by atoms with Gasteiger partial charge in [0, 0.05) is 39.2 Å². The maximum Gasteiger partial charge on any atom is 0.247 e. The van der Waals surface area contributed by atoms with Crippen LogP contribution in [0.15, 0.2) is 29.2 Å². The number of hydrogen-bond donors (Lipinski definition) is 1. The maximum absolute atomic E-state index is 13.2. The van der Waals surface area contributed by atoms with Crippen molar-refractivity contribution in [2.75, 3.05) is 39.9 Å². The molecule has 10 heteroatoms. The maximum atomic E-state index is 13.2. The van der Waals surface area contributed by atoms with Crippen molar-refractivity contribution in [3.05, 3.63) is 24.3 Å². The SMILES string of the molecule is COc1cccc(S(=O)(=O)N2CCC3(CCN(C(=O)[C@H](COC(C)(C)C)NC(C)=O)C3)CC2)c1. The molecule has 0 radical (unpaired) electrons. The summed E-state index contributed by atoms with van der Waals surface area (Å²) < 4.78 is 38.7. The number of sulfonamides is 1. The molecule has 34 heavy (non-hydrogen) atoms. The van der Waals surface area contributed by atoms with E-state index in [0.29, 0.717) is 44.8 Å². The number of rotatable bonds is 7. The normalized spacial score (nSPS) is 19.7. The zero-order valence-corrected chi connectivity index (χ0v) is 21.6. The Hall–Kier alpha value is -2.17. The molecular formula is C24H37N3O6S. The second-order valence-electron chi connectivity index (χ2n) is 10.3. The smallest absolute Gasteiger partial charge is 0.247 e. The Morgan fingerprint density at radius 2 is 1.79 bits per heavy atom. The van der Waals surface area contributed by atoms with Gasteiger partial charge >= 0.3 is 0 Å². The number of carbonyl (C=O) groups is 2. The van der Waals surface area contributed by atoms with Gasteiger partial charge in [0.2, 0.25) is 21.8 Å². The number of likely N-dealkylation sites (tertiary alicyclic amines) is 1. The first-order valence-corrected chi connectivity index (χ1v) is 13.1. The second-order valence-corrected chi connectivity index (χ2v) is 12.2. The standard InChI is InChI=1S/C24H37N3O6S/c1-18(28)25-21(16-33-23(2,3)4)22(29)26-12-9-24(17-26)10-13-27(14-11-24)34(30,31)20-8-6-7-19(15-20)32-5/h6-8,15,21H,9-14,16-17H2,1-5H3,(H,25,28)/t21-/m0/s1. The molecule has 0 unspecified atom stereocenters. The van der Waals surface area contributed by atoms with Crippen molar-refractivity contribution in [2.45, 2.75) is 63.5 Å². The quantitative estimate of drug-likeness (QED) is 0.621. The lowest BCUT2D eigenvalue weighted by atomic mass is 9.78. The summed E-state index contributed by atoms with van der Waals surface area (Å²) >= 11 is 0. The van der Waals surface area contributed by atoms with Gasteiger partial charge in [-0.1, -0.05) is 6.07 Å². The summed E-state index contributed by atoms with van der Waals surface area (Å²) in [5.41, 5.74) is -0.536. The molecule has 0 aliphatic carbocycles. The Bertz CT molecular complexity index is 996. The van der Waals surface area contributed by atoms with Gasteiger partial charge in [0.1, 0.15) is 11.8 Å². The summed E-state index contributed by atoms with van der Waals surface area (Å²) in [6.45, 7) is 9.17. The molecule has 2 amide bonds. The molecule has 190 valence electrons. The van der Waals surface area contributed by atoms with Gasteiger partial charge in [0.05, 0.1) is 24.2 Å². The molecule has 1 aromatic carbocycles. The Morgan fingerprint density at radius 1 is 1.15 bits per heavy atom. The van der Waals surface area contributed by atoms with Crippen LogP contribution in [0.4, 0.5) is 0 Å². The minimum absolute atomic E-state index is 0.109. The summed E-state index contributed by atoms with van der Waals surface area (Å²) in [4.78, 5) is 26.9. The monoisotopic (exact) mass is 495 g/mol. The predicted molar refractivity (Wildman–Crippen MR) is 128 cm³/mol. The summed E-state index contributed by atoms with van der Waals surface area (Å²) in [5, 5.41) is 2.72. The fourth-order valence-corrected chi connectivity index (χ4v) is 6.09. The van der Waals surface area contributed by atoms with E-state index in [9.17, 15) is 18.0 Å². The summed E-state index contributed by atoms with van der Waals surface area (Å²) in [5.74, 6) is 0.0762. The lowest BCUT2D eigenvalue weighted by molar-refractivity contribution is -0.139. The highest BCUT2D eigenvalue weighted by molar-refractivity contribution is 7.89. The van der Waals surface area contributed by atoms with Gasteiger partial charge in [-0.05, 0) is 57.6 Å². The lowest BCUT2D eigenvalue weighted by Gasteiger charge is -2.38. The van der Waals surface area contributed by atoms with Crippen LogP contribution in [-0.4, -0.2) is 81.0 Å². The number of carbonyl (C=O) groups excluding carboxylic acids is 2. The van der Waals surface area contributed by atoms with E-state index in [2.05, 4.69) is 5.32 Å². The van der Waals surface area contributed by atoms with E-state index >= 15 is 0 Å². The first-order chi connectivity index (χ1) is 15.8. The van der Waals surface area contributed by atoms with Gasteiger partial charge in [0.15, 0.2) is 0 Å². The third kappa shape index (κ3) is 6.28. The van der Waals surface area contributed by atoms with Crippen LogP contribution in [0.2, 0.25) is 0 Å². The molecule has 2 fully saturated rings. The zero-order valence-electron chi connectivity index (χ0n) is 20.8. The first-order valence-electron chi connectivity index (χ1n) is 11.7. The molecule has 3 rings (SSSR count). The van der Waals surface area contributed by atoms with E-state index < -0.39 is 21.7 Å². The average molecular weight is 496 g/mol. The third-order valence-corrected chi connectivity index (χ3v) is 8.47. The number of nitrogens with one attached hydrogen (secondary N) is 1. The molecular weight excluding hydrogens is 458 g/mol. The van der Waals surface area contributed by atoms with Crippen molar-refractivity contribution >= 4 is 21.8 Å². The Morgan fingerprint density at radius 3 is 2.38 bits per heavy atom. The predicted octanol–water partition coefficient (Wildman–Crippen LogP) is 2.02. The van der Waals surface area contributed by atoms with E-state index in [1.165, 1.54) is 24.4 Å². The molecule has 0 bridgehead atoms. The van der Waals surface area contributed by atoms with Crippen molar-refractivity contribution in [1.82, 2.24) is 14.5 Å². The van der Waals surface area contributed by atoms with Gasteiger partial charge in [-0.3, -0.25) is 9.59 Å². The number of methoxy groups -OCH3 is 1. The third-order valence-electron chi connectivity index (χ3n) is 6.57. The van der Waals surface area contributed by atoms with Gasteiger partial charge in [-0.15, -0.1) is 0 Å². The summed E-state index contributed by atoms with van der Waals surface area (Å²) in [6, 6.07) is 5.78. The van der Waals surface area contributed by atoms with Crippen molar-refractivity contribution < 1.29 is 27.5 Å². The molecule has 0 aromatic heterocycles.